The van der Waals surface area contributed by atoms with E-state index in [0.29, 0.717) is 5.56 Å². The number of rotatable bonds is 4. The number of nitrogens with one attached hydrogen (secondary N) is 1. The number of nitrogens with zero attached hydrogens (tertiary/aromatic N) is 2. The van der Waals surface area contributed by atoms with Gasteiger partial charge in [-0.15, -0.1) is 0 Å². The van der Waals surface area contributed by atoms with Gasteiger partial charge in [-0.25, -0.2) is 9.18 Å². The molecule has 2 atom stereocenters. The van der Waals surface area contributed by atoms with E-state index in [4.69, 9.17) is 9.84 Å². The van der Waals surface area contributed by atoms with Gasteiger partial charge in [-0.1, -0.05) is 18.2 Å². The summed E-state index contributed by atoms with van der Waals surface area (Å²) in [6.45, 7) is -0.551. The van der Waals surface area contributed by atoms with E-state index in [2.05, 4.69) is 10.3 Å². The van der Waals surface area contributed by atoms with Gasteiger partial charge in [0.05, 0.1) is 6.61 Å². The lowest BCUT2D eigenvalue weighted by molar-refractivity contribution is -0.143. The van der Waals surface area contributed by atoms with Crippen molar-refractivity contribution < 1.29 is 23.8 Å². The van der Waals surface area contributed by atoms with Gasteiger partial charge in [0, 0.05) is 11.8 Å². The second-order valence-corrected chi connectivity index (χ2v) is 5.41. The Morgan fingerprint density at radius 1 is 1.27 bits per heavy atom. The van der Waals surface area contributed by atoms with Gasteiger partial charge in [0.1, 0.15) is 11.9 Å². The fourth-order valence-corrected chi connectivity index (χ4v) is 2.36. The zero-order valence-electron chi connectivity index (χ0n) is 13.3. The van der Waals surface area contributed by atoms with Crippen molar-refractivity contribution in [2.45, 2.75) is 12.3 Å². The van der Waals surface area contributed by atoms with Crippen LogP contribution in [0.3, 0.4) is 0 Å². The molecule has 1 aromatic heterocycles. The molecule has 8 nitrogen and oxygen atoms in total. The number of hydrogen-bond acceptors (Lipinski definition) is 6. The van der Waals surface area contributed by atoms with E-state index in [9.17, 15) is 18.8 Å². The van der Waals surface area contributed by atoms with E-state index in [0.717, 1.165) is 16.8 Å². The molecule has 1 aromatic carbocycles. The van der Waals surface area contributed by atoms with Crippen LogP contribution in [0.1, 0.15) is 16.6 Å². The molecule has 0 unspecified atom stereocenters. The molecule has 1 aliphatic heterocycles. The number of ether oxygens (including phenoxy) is 1. The number of Topliss-reactive ketones (excluding diaryl/α,β-unsaturated/α-hetero) is 1. The van der Waals surface area contributed by atoms with Crippen molar-refractivity contribution >= 4 is 17.5 Å². The lowest BCUT2D eigenvalue weighted by Gasteiger charge is -2.25. The number of ketones is 1. The minimum Gasteiger partial charge on any atom is -0.393 e. The summed E-state index contributed by atoms with van der Waals surface area (Å²) < 4.78 is 19.6. The first-order valence-corrected chi connectivity index (χ1v) is 7.63. The SMILES string of the molecule is O=C(Nc1ccn([C@@H]2O[C@H](CO)C=C(F)C2=O)c(=O)n1)c1ccccc1. The van der Waals surface area contributed by atoms with Crippen molar-refractivity contribution in [1.82, 2.24) is 9.55 Å². The number of aliphatic hydroxyl groups is 1. The van der Waals surface area contributed by atoms with Crippen molar-refractivity contribution in [3.05, 3.63) is 70.5 Å². The van der Waals surface area contributed by atoms with Crippen molar-refractivity contribution in [3.63, 3.8) is 0 Å². The summed E-state index contributed by atoms with van der Waals surface area (Å²) in [6.07, 6.45) is -0.629. The normalized spacial score (nSPS) is 19.8. The number of hydrogen-bond donors (Lipinski definition) is 2. The van der Waals surface area contributed by atoms with Gasteiger partial charge in [0.15, 0.2) is 5.83 Å². The zero-order chi connectivity index (χ0) is 18.7. The van der Waals surface area contributed by atoms with Crippen molar-refractivity contribution in [2.24, 2.45) is 0 Å². The van der Waals surface area contributed by atoms with E-state index in [1.54, 1.807) is 30.3 Å². The number of carbonyl (C=O) groups excluding carboxylic acids is 2. The third kappa shape index (κ3) is 3.58. The van der Waals surface area contributed by atoms with E-state index in [-0.39, 0.29) is 5.82 Å². The highest BCUT2D eigenvalue weighted by atomic mass is 19.1. The molecular formula is C17H14FN3O5. The Balaban J connectivity index is 1.82. The lowest BCUT2D eigenvalue weighted by Crippen LogP contribution is -2.39. The second kappa shape index (κ2) is 7.38. The zero-order valence-corrected chi connectivity index (χ0v) is 13.3. The molecule has 0 saturated heterocycles. The molecule has 0 saturated carbocycles. The van der Waals surface area contributed by atoms with Crippen molar-refractivity contribution in [1.29, 1.82) is 0 Å². The highest BCUT2D eigenvalue weighted by Gasteiger charge is 2.33. The van der Waals surface area contributed by atoms with Crippen LogP contribution in [0.15, 0.2) is 59.3 Å². The van der Waals surface area contributed by atoms with Gasteiger partial charge >= 0.3 is 5.69 Å². The summed E-state index contributed by atoms with van der Waals surface area (Å²) >= 11 is 0. The minimum atomic E-state index is -1.57. The van der Waals surface area contributed by atoms with Crippen molar-refractivity contribution in [3.8, 4) is 0 Å². The summed E-state index contributed by atoms with van der Waals surface area (Å²) in [6, 6.07) is 9.59. The highest BCUT2D eigenvalue weighted by molar-refractivity contribution is 6.03. The first-order chi connectivity index (χ1) is 12.5. The average Bonchev–Trinajstić information content (AvgIpc) is 2.65. The summed E-state index contributed by atoms with van der Waals surface area (Å²) in [7, 11) is 0. The van der Waals surface area contributed by atoms with Crippen LogP contribution < -0.4 is 11.0 Å². The molecule has 0 bridgehead atoms. The highest BCUT2D eigenvalue weighted by Crippen LogP contribution is 2.23. The van der Waals surface area contributed by atoms with Crippen LogP contribution in [0.4, 0.5) is 10.2 Å². The van der Waals surface area contributed by atoms with Crippen LogP contribution in [-0.4, -0.2) is 39.1 Å². The minimum absolute atomic E-state index is 0.0296. The Labute approximate surface area is 146 Å². The molecule has 3 rings (SSSR count). The fourth-order valence-electron chi connectivity index (χ4n) is 2.36. The molecule has 1 amide bonds. The molecule has 0 aliphatic carbocycles. The number of anilines is 1. The standard InChI is InChI=1S/C17H14FN3O5/c18-12-8-11(9-22)26-16(14(12)23)21-7-6-13(20-17(21)25)19-15(24)10-4-2-1-3-5-10/h1-8,11,16,22H,9H2,(H,19,20,24,25)/t11-,16+/m0/s1. The summed E-state index contributed by atoms with van der Waals surface area (Å²) in [5.74, 6) is -2.65. The van der Waals surface area contributed by atoms with Gasteiger partial charge in [-0.3, -0.25) is 14.2 Å². The number of aromatic nitrogens is 2. The molecule has 1 aliphatic rings. The number of benzene rings is 1. The summed E-state index contributed by atoms with van der Waals surface area (Å²) in [5.41, 5.74) is -0.539. The van der Waals surface area contributed by atoms with Gasteiger partial charge in [-0.2, -0.15) is 4.98 Å². The predicted octanol–water partition coefficient (Wildman–Crippen LogP) is 0.808. The van der Waals surface area contributed by atoms with Crippen LogP contribution in [-0.2, 0) is 9.53 Å². The second-order valence-electron chi connectivity index (χ2n) is 5.41. The molecule has 2 heterocycles. The Morgan fingerprint density at radius 2 is 2.00 bits per heavy atom. The smallest absolute Gasteiger partial charge is 0.352 e. The maximum atomic E-state index is 13.6. The van der Waals surface area contributed by atoms with Gasteiger partial charge in [0.2, 0.25) is 12.0 Å². The van der Waals surface area contributed by atoms with Crippen LogP contribution in [0, 0.1) is 0 Å². The molecule has 0 radical (unpaired) electrons. The van der Waals surface area contributed by atoms with E-state index in [1.807, 2.05) is 0 Å². The number of amides is 1. The van der Waals surface area contributed by atoms with Crippen LogP contribution in [0.2, 0.25) is 0 Å². The molecule has 0 fully saturated rings. The Hall–Kier alpha value is -3.17. The number of carbonyl (C=O) groups is 2. The van der Waals surface area contributed by atoms with Gasteiger partial charge < -0.3 is 15.2 Å². The quantitative estimate of drug-likeness (QED) is 0.836. The Morgan fingerprint density at radius 3 is 2.65 bits per heavy atom. The lowest BCUT2D eigenvalue weighted by atomic mass is 10.2. The number of aliphatic hydroxyl groups excluding tert-OH is 1. The van der Waals surface area contributed by atoms with Crippen LogP contribution in [0.5, 0.6) is 0 Å². The first kappa shape index (κ1) is 17.6. The topological polar surface area (TPSA) is 111 Å². The molecule has 26 heavy (non-hydrogen) atoms. The van der Waals surface area contributed by atoms with Gasteiger partial charge in [0.25, 0.3) is 5.91 Å². The molecular weight excluding hydrogens is 345 g/mol. The Bertz CT molecular complexity index is 925. The van der Waals surface area contributed by atoms with E-state index >= 15 is 0 Å². The molecule has 134 valence electrons. The molecule has 2 N–H and O–H groups in total. The third-order valence-electron chi connectivity index (χ3n) is 3.64. The largest absolute Gasteiger partial charge is 0.393 e. The number of halogens is 1. The van der Waals surface area contributed by atoms with Crippen molar-refractivity contribution in [2.75, 3.05) is 11.9 Å². The Kier molecular flexibility index (Phi) is 5.01. The molecule has 9 heteroatoms. The molecule has 2 aromatic rings. The van der Waals surface area contributed by atoms with E-state index in [1.165, 1.54) is 6.07 Å². The maximum absolute atomic E-state index is 13.6. The van der Waals surface area contributed by atoms with Crippen LogP contribution >= 0.6 is 0 Å². The maximum Gasteiger partial charge on any atom is 0.352 e. The summed E-state index contributed by atoms with van der Waals surface area (Å²) in [5, 5.41) is 11.5. The summed E-state index contributed by atoms with van der Waals surface area (Å²) in [4.78, 5) is 39.8. The fraction of sp³-hybridized carbons (Fsp3) is 0.176. The first-order valence-electron chi connectivity index (χ1n) is 7.63. The third-order valence-corrected chi connectivity index (χ3v) is 3.64. The van der Waals surface area contributed by atoms with E-state index < -0.39 is 42.1 Å². The van der Waals surface area contributed by atoms with Gasteiger partial charge in [-0.05, 0) is 24.3 Å². The predicted molar refractivity (Wildman–Crippen MR) is 88.1 cm³/mol. The average molecular weight is 359 g/mol. The van der Waals surface area contributed by atoms with Crippen LogP contribution in [0.25, 0.3) is 0 Å². The monoisotopic (exact) mass is 359 g/mol. The molecule has 0 spiro atoms.